The zero-order valence-electron chi connectivity index (χ0n) is 13.0. The summed E-state index contributed by atoms with van der Waals surface area (Å²) in [5.41, 5.74) is -0.737. The number of anilines is 1. The van der Waals surface area contributed by atoms with E-state index in [1.54, 1.807) is 18.5 Å². The molecule has 1 fully saturated rings. The van der Waals surface area contributed by atoms with Crippen LogP contribution in [0.4, 0.5) is 5.95 Å². The second-order valence-corrected chi connectivity index (χ2v) is 5.63. The Labute approximate surface area is 137 Å². The van der Waals surface area contributed by atoms with Gasteiger partial charge in [0.25, 0.3) is 5.56 Å². The minimum atomic E-state index is -0.564. The Hall–Kier alpha value is -2.97. The van der Waals surface area contributed by atoms with Crippen molar-refractivity contribution in [2.24, 2.45) is 5.92 Å². The maximum absolute atomic E-state index is 12.2. The third-order valence-electron chi connectivity index (χ3n) is 4.05. The molecule has 24 heavy (non-hydrogen) atoms. The first-order valence-corrected chi connectivity index (χ1v) is 7.74. The number of rotatable bonds is 4. The lowest BCUT2D eigenvalue weighted by Crippen LogP contribution is -2.41. The number of hydrogen-bond acceptors (Lipinski definition) is 6. The molecule has 9 heteroatoms. The quantitative estimate of drug-likeness (QED) is 0.687. The number of carbonyl (C=O) groups excluding carboxylic acids is 1. The molecule has 1 aliphatic heterocycles. The monoisotopic (exact) mass is 330 g/mol. The molecule has 1 saturated heterocycles. The van der Waals surface area contributed by atoms with Crippen molar-refractivity contribution < 1.29 is 4.79 Å². The van der Waals surface area contributed by atoms with Gasteiger partial charge in [-0.1, -0.05) is 0 Å². The van der Waals surface area contributed by atoms with Gasteiger partial charge in [-0.2, -0.15) is 0 Å². The van der Waals surface area contributed by atoms with E-state index in [1.165, 1.54) is 6.20 Å². The summed E-state index contributed by atoms with van der Waals surface area (Å²) in [7, 11) is 0. The van der Waals surface area contributed by atoms with Gasteiger partial charge in [-0.3, -0.25) is 14.6 Å². The van der Waals surface area contributed by atoms with Crippen LogP contribution in [-0.4, -0.2) is 38.9 Å². The summed E-state index contributed by atoms with van der Waals surface area (Å²) in [4.78, 5) is 49.8. The number of nitrogens with one attached hydrogen (secondary N) is 3. The molecular formula is C15H18N6O3. The average molecular weight is 330 g/mol. The van der Waals surface area contributed by atoms with Gasteiger partial charge in [-0.25, -0.2) is 14.8 Å². The van der Waals surface area contributed by atoms with Crippen LogP contribution < -0.4 is 21.5 Å². The maximum atomic E-state index is 12.2. The first-order chi connectivity index (χ1) is 11.6. The van der Waals surface area contributed by atoms with E-state index >= 15 is 0 Å². The Balaban J connectivity index is 1.52. The molecule has 3 N–H and O–H groups in total. The van der Waals surface area contributed by atoms with Gasteiger partial charge in [0.2, 0.25) is 11.9 Å². The van der Waals surface area contributed by atoms with Crippen LogP contribution in [0.1, 0.15) is 18.4 Å². The third-order valence-corrected chi connectivity index (χ3v) is 4.05. The van der Waals surface area contributed by atoms with E-state index in [-0.39, 0.29) is 18.4 Å². The number of carbonyl (C=O) groups is 1. The lowest BCUT2D eigenvalue weighted by atomic mass is 9.96. The summed E-state index contributed by atoms with van der Waals surface area (Å²) < 4.78 is 0. The van der Waals surface area contributed by atoms with Crippen LogP contribution in [0.15, 0.2) is 34.2 Å². The second kappa shape index (κ2) is 7.07. The smallest absolute Gasteiger partial charge is 0.325 e. The lowest BCUT2D eigenvalue weighted by Gasteiger charge is -2.31. The maximum Gasteiger partial charge on any atom is 0.325 e. The summed E-state index contributed by atoms with van der Waals surface area (Å²) in [6.07, 6.45) is 6.11. The predicted molar refractivity (Wildman–Crippen MR) is 86.5 cm³/mol. The highest BCUT2D eigenvalue weighted by Crippen LogP contribution is 2.20. The Kier molecular flexibility index (Phi) is 4.69. The van der Waals surface area contributed by atoms with Gasteiger partial charge in [0, 0.05) is 44.1 Å². The molecule has 2 aromatic heterocycles. The third kappa shape index (κ3) is 3.67. The van der Waals surface area contributed by atoms with Gasteiger partial charge in [0.1, 0.15) is 0 Å². The molecule has 3 rings (SSSR count). The summed E-state index contributed by atoms with van der Waals surface area (Å²) in [5.74, 6) is 0.483. The Morgan fingerprint density at radius 1 is 1.25 bits per heavy atom. The van der Waals surface area contributed by atoms with Crippen LogP contribution in [0.3, 0.4) is 0 Å². The number of aromatic amines is 2. The highest BCUT2D eigenvalue weighted by molar-refractivity contribution is 5.78. The van der Waals surface area contributed by atoms with Crippen LogP contribution in [0, 0.1) is 5.92 Å². The van der Waals surface area contributed by atoms with Gasteiger partial charge >= 0.3 is 5.69 Å². The molecule has 1 amide bonds. The minimum absolute atomic E-state index is 0.0887. The van der Waals surface area contributed by atoms with E-state index in [1.807, 2.05) is 0 Å². The summed E-state index contributed by atoms with van der Waals surface area (Å²) in [5, 5.41) is 2.75. The van der Waals surface area contributed by atoms with E-state index < -0.39 is 11.2 Å². The fourth-order valence-corrected chi connectivity index (χ4v) is 2.69. The van der Waals surface area contributed by atoms with Crippen molar-refractivity contribution in [2.45, 2.75) is 19.4 Å². The Morgan fingerprint density at radius 2 is 1.96 bits per heavy atom. The van der Waals surface area contributed by atoms with Crippen LogP contribution in [0.2, 0.25) is 0 Å². The molecule has 0 spiro atoms. The van der Waals surface area contributed by atoms with Crippen LogP contribution in [0.5, 0.6) is 0 Å². The molecule has 0 aliphatic carbocycles. The zero-order chi connectivity index (χ0) is 16.9. The van der Waals surface area contributed by atoms with Crippen molar-refractivity contribution in [3.8, 4) is 0 Å². The largest absolute Gasteiger partial charge is 0.352 e. The molecule has 0 radical (unpaired) electrons. The second-order valence-electron chi connectivity index (χ2n) is 5.63. The van der Waals surface area contributed by atoms with E-state index in [0.29, 0.717) is 37.4 Å². The summed E-state index contributed by atoms with van der Waals surface area (Å²) >= 11 is 0. The number of nitrogens with zero attached hydrogens (tertiary/aromatic N) is 3. The molecule has 126 valence electrons. The van der Waals surface area contributed by atoms with Gasteiger partial charge in [0.15, 0.2) is 0 Å². The molecule has 0 aromatic carbocycles. The van der Waals surface area contributed by atoms with Gasteiger partial charge in [0.05, 0.1) is 5.56 Å². The first kappa shape index (κ1) is 15.9. The zero-order valence-corrected chi connectivity index (χ0v) is 13.0. The van der Waals surface area contributed by atoms with Crippen molar-refractivity contribution in [3.05, 3.63) is 51.1 Å². The molecule has 3 heterocycles. The molecular weight excluding hydrogens is 312 g/mol. The van der Waals surface area contributed by atoms with Gasteiger partial charge in [-0.05, 0) is 18.9 Å². The molecule has 0 atom stereocenters. The highest BCUT2D eigenvalue weighted by Gasteiger charge is 2.25. The summed E-state index contributed by atoms with van der Waals surface area (Å²) in [6, 6.07) is 1.77. The van der Waals surface area contributed by atoms with E-state index in [0.717, 1.165) is 0 Å². The van der Waals surface area contributed by atoms with Gasteiger partial charge in [-0.15, -0.1) is 0 Å². The summed E-state index contributed by atoms with van der Waals surface area (Å²) in [6.45, 7) is 1.51. The SMILES string of the molecule is O=C(NCc1c[nH]c(=O)[nH]c1=O)C1CCN(c2ncccn2)CC1. The Morgan fingerprint density at radius 3 is 2.62 bits per heavy atom. The fourth-order valence-electron chi connectivity index (χ4n) is 2.69. The van der Waals surface area contributed by atoms with Crippen molar-refractivity contribution in [1.29, 1.82) is 0 Å². The molecule has 0 bridgehead atoms. The molecule has 0 saturated carbocycles. The van der Waals surface area contributed by atoms with Crippen LogP contribution >= 0.6 is 0 Å². The fraction of sp³-hybridized carbons (Fsp3) is 0.400. The highest BCUT2D eigenvalue weighted by atomic mass is 16.2. The predicted octanol–water partition coefficient (Wildman–Crippen LogP) is -0.614. The number of piperidine rings is 1. The van der Waals surface area contributed by atoms with Crippen molar-refractivity contribution in [1.82, 2.24) is 25.3 Å². The molecule has 1 aliphatic rings. The molecule has 0 unspecified atom stereocenters. The van der Waals surface area contributed by atoms with Crippen LogP contribution in [0.25, 0.3) is 0 Å². The molecule has 2 aromatic rings. The van der Waals surface area contributed by atoms with E-state index in [9.17, 15) is 14.4 Å². The number of H-pyrrole nitrogens is 2. The topological polar surface area (TPSA) is 124 Å². The van der Waals surface area contributed by atoms with E-state index in [2.05, 4.69) is 30.2 Å². The van der Waals surface area contributed by atoms with E-state index in [4.69, 9.17) is 0 Å². The van der Waals surface area contributed by atoms with Crippen molar-refractivity contribution in [2.75, 3.05) is 18.0 Å². The van der Waals surface area contributed by atoms with Crippen molar-refractivity contribution >= 4 is 11.9 Å². The van der Waals surface area contributed by atoms with Crippen molar-refractivity contribution in [3.63, 3.8) is 0 Å². The minimum Gasteiger partial charge on any atom is -0.352 e. The first-order valence-electron chi connectivity index (χ1n) is 7.74. The van der Waals surface area contributed by atoms with Gasteiger partial charge < -0.3 is 15.2 Å². The number of aromatic nitrogens is 4. The standard InChI is InChI=1S/C15H18N6O3/c22-12(18-8-11-9-19-15(24)20-13(11)23)10-2-6-21(7-3-10)14-16-4-1-5-17-14/h1,4-5,9-10H,2-3,6-8H2,(H,18,22)(H2,19,20,23,24). The number of hydrogen-bond donors (Lipinski definition) is 3. The molecule has 9 nitrogen and oxygen atoms in total. The lowest BCUT2D eigenvalue weighted by molar-refractivity contribution is -0.125. The number of amides is 1. The normalized spacial score (nSPS) is 15.2. The van der Waals surface area contributed by atoms with Crippen LogP contribution in [-0.2, 0) is 11.3 Å². The Bertz CT molecular complexity index is 808. The average Bonchev–Trinajstić information content (AvgIpc) is 2.62.